The third kappa shape index (κ3) is 4.37. The molecule has 21 heavy (non-hydrogen) atoms. The largest absolute Gasteiger partial charge is 0.394 e. The molecule has 0 unspecified atom stereocenters. The number of aromatic nitrogens is 3. The van der Waals surface area contributed by atoms with Crippen molar-refractivity contribution >= 4 is 5.91 Å². The fourth-order valence-electron chi connectivity index (χ4n) is 1.88. The lowest BCUT2D eigenvalue weighted by Gasteiger charge is -2.10. The van der Waals surface area contributed by atoms with E-state index in [1.54, 1.807) is 6.33 Å². The quantitative estimate of drug-likeness (QED) is 0.634. The van der Waals surface area contributed by atoms with Gasteiger partial charge in [-0.25, -0.2) is 0 Å². The number of carbonyl (C=O) groups excluding carboxylic acids is 1. The number of amides is 1. The normalized spacial score (nSPS) is 12.1. The van der Waals surface area contributed by atoms with Crippen molar-refractivity contribution < 1.29 is 9.90 Å². The summed E-state index contributed by atoms with van der Waals surface area (Å²) >= 11 is 0. The zero-order valence-electron chi connectivity index (χ0n) is 11.6. The van der Waals surface area contributed by atoms with Crippen LogP contribution in [0.1, 0.15) is 11.4 Å². The molecule has 1 aromatic carbocycles. The number of carbonyl (C=O) groups is 1. The van der Waals surface area contributed by atoms with E-state index in [4.69, 9.17) is 10.8 Å². The van der Waals surface area contributed by atoms with E-state index < -0.39 is 11.9 Å². The zero-order valence-corrected chi connectivity index (χ0v) is 11.6. The minimum absolute atomic E-state index is 0.237. The summed E-state index contributed by atoms with van der Waals surface area (Å²) in [5, 5.41) is 19.3. The van der Waals surface area contributed by atoms with Crippen LogP contribution in [0, 0.1) is 0 Å². The average molecular weight is 289 g/mol. The summed E-state index contributed by atoms with van der Waals surface area (Å²) in [5.74, 6) is 0.250. The lowest BCUT2D eigenvalue weighted by Crippen LogP contribution is -2.42. The van der Waals surface area contributed by atoms with Gasteiger partial charge < -0.3 is 20.7 Å². The van der Waals surface area contributed by atoms with Crippen molar-refractivity contribution in [2.45, 2.75) is 25.6 Å². The van der Waals surface area contributed by atoms with Gasteiger partial charge in [0.25, 0.3) is 0 Å². The molecule has 0 aliphatic heterocycles. The number of hydrogen-bond acceptors (Lipinski definition) is 5. The number of aliphatic hydroxyl groups is 1. The number of aryl methyl sites for hydroxylation is 2. The van der Waals surface area contributed by atoms with E-state index in [2.05, 4.69) is 27.6 Å². The van der Waals surface area contributed by atoms with Crippen molar-refractivity contribution in [3.63, 3.8) is 0 Å². The van der Waals surface area contributed by atoms with Crippen molar-refractivity contribution in [3.05, 3.63) is 48.0 Å². The maximum Gasteiger partial charge on any atom is 0.239 e. The molecule has 1 atom stereocenters. The minimum atomic E-state index is -0.911. The third-order valence-electron chi connectivity index (χ3n) is 3.13. The third-order valence-corrected chi connectivity index (χ3v) is 3.13. The SMILES string of the molecule is N[C@@H](CO)C(=O)NCc1nncn1CCc1ccccc1. The van der Waals surface area contributed by atoms with Gasteiger partial charge in [-0.05, 0) is 12.0 Å². The molecule has 112 valence electrons. The van der Waals surface area contributed by atoms with Crippen LogP contribution in [0.4, 0.5) is 0 Å². The molecule has 1 aromatic heterocycles. The molecule has 7 nitrogen and oxygen atoms in total. The second-order valence-corrected chi connectivity index (χ2v) is 4.68. The predicted molar refractivity (Wildman–Crippen MR) is 77.1 cm³/mol. The van der Waals surface area contributed by atoms with Crippen molar-refractivity contribution in [1.29, 1.82) is 0 Å². The first-order valence-corrected chi connectivity index (χ1v) is 6.75. The highest BCUT2D eigenvalue weighted by Gasteiger charge is 2.13. The molecule has 0 aliphatic carbocycles. The molecule has 0 saturated carbocycles. The summed E-state index contributed by atoms with van der Waals surface area (Å²) in [4.78, 5) is 11.5. The maximum atomic E-state index is 11.5. The molecule has 0 radical (unpaired) electrons. The standard InChI is InChI=1S/C14H19N5O2/c15-12(9-20)14(21)16-8-13-18-17-10-19(13)7-6-11-4-2-1-3-5-11/h1-5,10,12,20H,6-9,15H2,(H,16,21)/t12-/m0/s1. The zero-order chi connectivity index (χ0) is 15.1. The van der Waals surface area contributed by atoms with Crippen LogP contribution < -0.4 is 11.1 Å². The molecule has 1 heterocycles. The maximum absolute atomic E-state index is 11.5. The number of nitrogens with one attached hydrogen (secondary N) is 1. The Morgan fingerprint density at radius 1 is 1.38 bits per heavy atom. The molecule has 0 aliphatic rings. The Kier molecular flexibility index (Phi) is 5.42. The average Bonchev–Trinajstić information content (AvgIpc) is 2.98. The van der Waals surface area contributed by atoms with E-state index in [1.807, 2.05) is 22.8 Å². The van der Waals surface area contributed by atoms with Crippen LogP contribution in [-0.4, -0.2) is 38.4 Å². The molecular weight excluding hydrogens is 270 g/mol. The molecule has 7 heteroatoms. The fourth-order valence-corrected chi connectivity index (χ4v) is 1.88. The van der Waals surface area contributed by atoms with Crippen LogP contribution in [-0.2, 0) is 24.3 Å². The molecule has 2 aromatic rings. The second-order valence-electron chi connectivity index (χ2n) is 4.68. The van der Waals surface area contributed by atoms with Crippen molar-refractivity contribution in [3.8, 4) is 0 Å². The van der Waals surface area contributed by atoms with Gasteiger partial charge in [0, 0.05) is 6.54 Å². The van der Waals surface area contributed by atoms with Crippen LogP contribution in [0.5, 0.6) is 0 Å². The van der Waals surface area contributed by atoms with Gasteiger partial charge in [0.15, 0.2) is 5.82 Å². The number of nitrogens with two attached hydrogens (primary N) is 1. The van der Waals surface area contributed by atoms with Gasteiger partial charge in [-0.15, -0.1) is 10.2 Å². The van der Waals surface area contributed by atoms with E-state index in [0.29, 0.717) is 5.82 Å². The number of benzene rings is 1. The molecule has 2 rings (SSSR count). The van der Waals surface area contributed by atoms with Gasteiger partial charge in [-0.3, -0.25) is 4.79 Å². The fraction of sp³-hybridized carbons (Fsp3) is 0.357. The highest BCUT2D eigenvalue weighted by Crippen LogP contribution is 2.03. The number of hydrogen-bond donors (Lipinski definition) is 3. The summed E-state index contributed by atoms with van der Waals surface area (Å²) in [7, 11) is 0. The molecular formula is C14H19N5O2. The van der Waals surface area contributed by atoms with E-state index in [9.17, 15) is 4.79 Å². The van der Waals surface area contributed by atoms with Crippen LogP contribution in [0.3, 0.4) is 0 Å². The van der Waals surface area contributed by atoms with Crippen molar-refractivity contribution in [2.24, 2.45) is 5.73 Å². The first-order chi connectivity index (χ1) is 10.2. The van der Waals surface area contributed by atoms with Gasteiger partial charge in [0.2, 0.25) is 5.91 Å². The van der Waals surface area contributed by atoms with Crippen LogP contribution in [0.2, 0.25) is 0 Å². The van der Waals surface area contributed by atoms with Crippen molar-refractivity contribution in [2.75, 3.05) is 6.61 Å². The predicted octanol–water partition coefficient (Wildman–Crippen LogP) is -0.543. The molecule has 0 fully saturated rings. The molecule has 0 saturated heterocycles. The molecule has 0 bridgehead atoms. The number of rotatable bonds is 7. The van der Waals surface area contributed by atoms with Gasteiger partial charge in [-0.1, -0.05) is 30.3 Å². The van der Waals surface area contributed by atoms with Crippen LogP contribution in [0.15, 0.2) is 36.7 Å². The summed E-state index contributed by atoms with van der Waals surface area (Å²) in [6.07, 6.45) is 2.49. The molecule has 4 N–H and O–H groups in total. The Hall–Kier alpha value is -2.25. The van der Waals surface area contributed by atoms with Gasteiger partial charge in [0.1, 0.15) is 12.4 Å². The van der Waals surface area contributed by atoms with E-state index >= 15 is 0 Å². The van der Waals surface area contributed by atoms with Gasteiger partial charge in [-0.2, -0.15) is 0 Å². The summed E-state index contributed by atoms with van der Waals surface area (Å²) in [6.45, 7) is 0.585. The first kappa shape index (κ1) is 15.1. The minimum Gasteiger partial charge on any atom is -0.394 e. The Labute approximate surface area is 122 Å². The first-order valence-electron chi connectivity index (χ1n) is 6.75. The Morgan fingerprint density at radius 2 is 2.14 bits per heavy atom. The van der Waals surface area contributed by atoms with Crippen LogP contribution in [0.25, 0.3) is 0 Å². The molecule has 0 spiro atoms. The summed E-state index contributed by atoms with van der Waals surface area (Å²) in [5.41, 5.74) is 6.65. The number of aliphatic hydroxyl groups excluding tert-OH is 1. The van der Waals surface area contributed by atoms with E-state index in [0.717, 1.165) is 13.0 Å². The Morgan fingerprint density at radius 3 is 2.86 bits per heavy atom. The number of nitrogens with zero attached hydrogens (tertiary/aromatic N) is 3. The lowest BCUT2D eigenvalue weighted by atomic mass is 10.1. The van der Waals surface area contributed by atoms with Gasteiger partial charge in [0.05, 0.1) is 13.2 Å². The van der Waals surface area contributed by atoms with E-state index in [1.165, 1.54) is 5.56 Å². The van der Waals surface area contributed by atoms with Crippen molar-refractivity contribution in [1.82, 2.24) is 20.1 Å². The lowest BCUT2D eigenvalue weighted by molar-refractivity contribution is -0.123. The van der Waals surface area contributed by atoms with E-state index in [-0.39, 0.29) is 13.2 Å². The second kappa shape index (κ2) is 7.51. The molecule has 1 amide bonds. The Bertz CT molecular complexity index is 570. The highest BCUT2D eigenvalue weighted by atomic mass is 16.3. The van der Waals surface area contributed by atoms with Crippen LogP contribution >= 0.6 is 0 Å². The monoisotopic (exact) mass is 289 g/mol. The smallest absolute Gasteiger partial charge is 0.239 e. The summed E-state index contributed by atoms with van der Waals surface area (Å²) in [6, 6.07) is 9.19. The Balaban J connectivity index is 1.88. The van der Waals surface area contributed by atoms with Gasteiger partial charge >= 0.3 is 0 Å². The highest BCUT2D eigenvalue weighted by molar-refractivity contribution is 5.81. The summed E-state index contributed by atoms with van der Waals surface area (Å²) < 4.78 is 1.89. The topological polar surface area (TPSA) is 106 Å².